The Labute approximate surface area is 226 Å². The molecule has 0 saturated carbocycles. The largest absolute Gasteiger partial charge is 0.332 e. The highest BCUT2D eigenvalue weighted by molar-refractivity contribution is 5.80. The highest BCUT2D eigenvalue weighted by atomic mass is 16.2. The highest BCUT2D eigenvalue weighted by Crippen LogP contribution is 2.27. The number of carbonyl (C=O) groups is 1. The smallest absolute Gasteiger partial charge is 0.266 e. The van der Waals surface area contributed by atoms with Gasteiger partial charge in [0.25, 0.3) is 5.56 Å². The van der Waals surface area contributed by atoms with Gasteiger partial charge in [0.15, 0.2) is 0 Å². The number of para-hydroxylation sites is 1. The van der Waals surface area contributed by atoms with Crippen molar-refractivity contribution in [3.63, 3.8) is 0 Å². The van der Waals surface area contributed by atoms with E-state index < -0.39 is 0 Å². The number of nitrogens with zero attached hydrogens (tertiary/aromatic N) is 3. The first kappa shape index (κ1) is 27.3. The molecule has 0 fully saturated rings. The van der Waals surface area contributed by atoms with Gasteiger partial charge in [0.1, 0.15) is 5.82 Å². The molecule has 198 valence electrons. The van der Waals surface area contributed by atoms with Crippen LogP contribution in [0.4, 0.5) is 0 Å². The molecule has 0 bridgehead atoms. The number of rotatable bonds is 11. The van der Waals surface area contributed by atoms with Gasteiger partial charge < -0.3 is 4.90 Å². The molecule has 5 heteroatoms. The number of fused-ring (bicyclic) bond motifs is 1. The molecule has 3 aromatic carbocycles. The first-order valence-corrected chi connectivity index (χ1v) is 13.9. The fourth-order valence-corrected chi connectivity index (χ4v) is 5.16. The summed E-state index contributed by atoms with van der Waals surface area (Å²) in [6.07, 6.45) is 4.48. The molecule has 1 amide bonds. The van der Waals surface area contributed by atoms with Crippen molar-refractivity contribution in [2.24, 2.45) is 5.92 Å². The van der Waals surface area contributed by atoms with Crippen LogP contribution in [-0.2, 0) is 11.2 Å². The summed E-state index contributed by atoms with van der Waals surface area (Å²) in [4.78, 5) is 34.9. The Balaban J connectivity index is 1.84. The molecule has 38 heavy (non-hydrogen) atoms. The molecule has 0 aliphatic carbocycles. The minimum atomic E-state index is -0.389. The van der Waals surface area contributed by atoms with Gasteiger partial charge in [-0.2, -0.15) is 0 Å². The average Bonchev–Trinajstić information content (AvgIpc) is 2.94. The second-order valence-corrected chi connectivity index (χ2v) is 10.2. The zero-order valence-electron chi connectivity index (χ0n) is 23.1. The standard InChI is InChI=1S/C33H39N3O2/c1-5-7-17-27(6-2)32(37)35(22-21-26-15-9-8-10-16-26)25(4)31-34-30-20-12-11-19-29(30)33(38)36(31)28-18-13-14-24(3)23-28/h8-16,18-20,23,25,27H,5-7,17,21-22H2,1-4H3. The predicted molar refractivity (Wildman–Crippen MR) is 156 cm³/mol. The number of unbranched alkanes of at least 4 members (excludes halogenated alkanes) is 1. The molecule has 0 aliphatic heterocycles. The van der Waals surface area contributed by atoms with E-state index in [1.54, 1.807) is 4.57 Å². The molecule has 0 N–H and O–H groups in total. The monoisotopic (exact) mass is 509 g/mol. The maximum atomic E-state index is 14.1. The Morgan fingerprint density at radius 2 is 1.71 bits per heavy atom. The lowest BCUT2D eigenvalue weighted by Gasteiger charge is -2.33. The van der Waals surface area contributed by atoms with E-state index in [-0.39, 0.29) is 23.4 Å². The Morgan fingerprint density at radius 1 is 0.974 bits per heavy atom. The van der Waals surface area contributed by atoms with E-state index in [1.807, 2.05) is 85.5 Å². The van der Waals surface area contributed by atoms with Gasteiger partial charge in [-0.3, -0.25) is 14.2 Å². The minimum Gasteiger partial charge on any atom is -0.332 e. The molecule has 5 nitrogen and oxygen atoms in total. The zero-order valence-corrected chi connectivity index (χ0v) is 23.1. The topological polar surface area (TPSA) is 55.2 Å². The summed E-state index contributed by atoms with van der Waals surface area (Å²) in [5, 5.41) is 0.571. The molecule has 0 saturated heterocycles. The van der Waals surface area contributed by atoms with Crippen molar-refractivity contribution in [2.75, 3.05) is 6.54 Å². The lowest BCUT2D eigenvalue weighted by molar-refractivity contribution is -0.138. The number of hydrogen-bond donors (Lipinski definition) is 0. The summed E-state index contributed by atoms with van der Waals surface area (Å²) >= 11 is 0. The summed E-state index contributed by atoms with van der Waals surface area (Å²) in [6, 6.07) is 25.2. The van der Waals surface area contributed by atoms with Crippen LogP contribution in [0.15, 0.2) is 83.7 Å². The molecular weight excluding hydrogens is 470 g/mol. The van der Waals surface area contributed by atoms with Gasteiger partial charge in [-0.05, 0) is 68.5 Å². The van der Waals surface area contributed by atoms with Crippen LogP contribution in [0.3, 0.4) is 0 Å². The maximum absolute atomic E-state index is 14.1. The number of amides is 1. The summed E-state index contributed by atoms with van der Waals surface area (Å²) in [5.74, 6) is 0.682. The quantitative estimate of drug-likeness (QED) is 0.218. The van der Waals surface area contributed by atoms with Gasteiger partial charge >= 0.3 is 0 Å². The average molecular weight is 510 g/mol. The van der Waals surface area contributed by atoms with Crippen LogP contribution in [0.25, 0.3) is 16.6 Å². The van der Waals surface area contributed by atoms with E-state index in [9.17, 15) is 9.59 Å². The van der Waals surface area contributed by atoms with Crippen LogP contribution in [0.5, 0.6) is 0 Å². The van der Waals surface area contributed by atoms with E-state index >= 15 is 0 Å². The first-order chi connectivity index (χ1) is 18.4. The molecule has 1 aromatic heterocycles. The van der Waals surface area contributed by atoms with Crippen LogP contribution in [0.2, 0.25) is 0 Å². The SMILES string of the molecule is CCCCC(CC)C(=O)N(CCc1ccccc1)C(C)c1nc2ccccc2c(=O)n1-c1cccc(C)c1. The van der Waals surface area contributed by atoms with Crippen molar-refractivity contribution in [1.29, 1.82) is 0 Å². The van der Waals surface area contributed by atoms with Gasteiger partial charge in [0.05, 0.1) is 22.6 Å². The first-order valence-electron chi connectivity index (χ1n) is 13.9. The predicted octanol–water partition coefficient (Wildman–Crippen LogP) is 7.04. The van der Waals surface area contributed by atoms with Gasteiger partial charge in [-0.15, -0.1) is 0 Å². The van der Waals surface area contributed by atoms with Crippen molar-refractivity contribution < 1.29 is 4.79 Å². The molecule has 0 radical (unpaired) electrons. The summed E-state index contributed by atoms with van der Waals surface area (Å²) in [5.41, 5.74) is 3.54. The number of benzene rings is 3. The number of hydrogen-bond acceptors (Lipinski definition) is 3. The van der Waals surface area contributed by atoms with E-state index in [1.165, 1.54) is 5.56 Å². The maximum Gasteiger partial charge on any atom is 0.266 e. The Kier molecular flexibility index (Phi) is 9.11. The Morgan fingerprint density at radius 3 is 2.42 bits per heavy atom. The Bertz CT molecular complexity index is 1430. The van der Waals surface area contributed by atoms with Crippen molar-refractivity contribution in [3.05, 3.63) is 106 Å². The molecule has 4 aromatic rings. The summed E-state index contributed by atoms with van der Waals surface area (Å²) in [6.45, 7) is 8.84. The summed E-state index contributed by atoms with van der Waals surface area (Å²) < 4.78 is 1.70. The normalized spacial score (nSPS) is 12.8. The Hall–Kier alpha value is -3.73. The lowest BCUT2D eigenvalue weighted by atomic mass is 9.96. The summed E-state index contributed by atoms with van der Waals surface area (Å²) in [7, 11) is 0. The number of aromatic nitrogens is 2. The van der Waals surface area contributed by atoms with E-state index in [0.29, 0.717) is 23.3 Å². The van der Waals surface area contributed by atoms with E-state index in [2.05, 4.69) is 26.0 Å². The van der Waals surface area contributed by atoms with E-state index in [0.717, 1.165) is 43.4 Å². The third kappa shape index (κ3) is 6.04. The zero-order chi connectivity index (χ0) is 27.1. The van der Waals surface area contributed by atoms with Crippen LogP contribution in [0.1, 0.15) is 69.4 Å². The van der Waals surface area contributed by atoms with Crippen LogP contribution >= 0.6 is 0 Å². The highest BCUT2D eigenvalue weighted by Gasteiger charge is 2.30. The van der Waals surface area contributed by atoms with Crippen LogP contribution in [-0.4, -0.2) is 26.9 Å². The fourth-order valence-electron chi connectivity index (χ4n) is 5.16. The van der Waals surface area contributed by atoms with Gasteiger partial charge in [-0.25, -0.2) is 4.98 Å². The number of aryl methyl sites for hydroxylation is 1. The van der Waals surface area contributed by atoms with Gasteiger partial charge in [0, 0.05) is 12.5 Å². The van der Waals surface area contributed by atoms with Crippen LogP contribution < -0.4 is 5.56 Å². The molecular formula is C33H39N3O2. The van der Waals surface area contributed by atoms with E-state index in [4.69, 9.17) is 4.98 Å². The van der Waals surface area contributed by atoms with Crippen LogP contribution in [0, 0.1) is 12.8 Å². The second-order valence-electron chi connectivity index (χ2n) is 10.2. The molecule has 1 heterocycles. The van der Waals surface area contributed by atoms with Gasteiger partial charge in [-0.1, -0.05) is 81.3 Å². The van der Waals surface area contributed by atoms with Crippen molar-refractivity contribution in [2.45, 2.75) is 65.8 Å². The molecule has 0 spiro atoms. The third-order valence-corrected chi connectivity index (χ3v) is 7.42. The van der Waals surface area contributed by atoms with Crippen molar-refractivity contribution >= 4 is 16.8 Å². The van der Waals surface area contributed by atoms with Gasteiger partial charge in [0.2, 0.25) is 5.91 Å². The van der Waals surface area contributed by atoms with Crippen molar-refractivity contribution in [3.8, 4) is 5.69 Å². The number of carbonyl (C=O) groups excluding carboxylic acids is 1. The molecule has 2 atom stereocenters. The fraction of sp³-hybridized carbons (Fsp3) is 0.364. The second kappa shape index (κ2) is 12.7. The minimum absolute atomic E-state index is 0.0484. The molecule has 0 aliphatic rings. The molecule has 2 unspecified atom stereocenters. The third-order valence-electron chi connectivity index (χ3n) is 7.42. The lowest BCUT2D eigenvalue weighted by Crippen LogP contribution is -2.41. The molecule has 4 rings (SSSR count). The van der Waals surface area contributed by atoms with Crippen molar-refractivity contribution in [1.82, 2.24) is 14.5 Å².